The Morgan fingerprint density at radius 1 is 1.60 bits per heavy atom. The molecule has 0 atom stereocenters. The van der Waals surface area contributed by atoms with E-state index < -0.39 is 0 Å². The number of rotatable bonds is 4. The quantitative estimate of drug-likeness (QED) is 0.611. The van der Waals surface area contributed by atoms with Gasteiger partial charge in [-0.15, -0.1) is 0 Å². The van der Waals surface area contributed by atoms with Crippen LogP contribution in [0.3, 0.4) is 0 Å². The number of benzene rings is 1. The predicted molar refractivity (Wildman–Crippen MR) is 59.1 cm³/mol. The summed E-state index contributed by atoms with van der Waals surface area (Å²) < 4.78 is 0. The minimum absolute atomic E-state index is 0.164. The maximum atomic E-state index is 10.9. The topological polar surface area (TPSA) is 64.3 Å². The van der Waals surface area contributed by atoms with Gasteiger partial charge in [0.25, 0.3) is 0 Å². The Hall–Kier alpha value is -1.26. The molecule has 5 heteroatoms. The zero-order chi connectivity index (χ0) is 11.3. The van der Waals surface area contributed by atoms with Crippen LogP contribution in [0.4, 0.5) is 5.69 Å². The lowest BCUT2D eigenvalue weighted by Crippen LogP contribution is -2.22. The van der Waals surface area contributed by atoms with Gasteiger partial charge in [-0.3, -0.25) is 9.63 Å². The van der Waals surface area contributed by atoms with E-state index in [1.54, 1.807) is 25.1 Å². The molecule has 1 aromatic carbocycles. The molecule has 0 unspecified atom stereocenters. The monoisotopic (exact) mass is 228 g/mol. The van der Waals surface area contributed by atoms with Crippen LogP contribution in [0.15, 0.2) is 18.2 Å². The van der Waals surface area contributed by atoms with Gasteiger partial charge in [0, 0.05) is 22.7 Å². The molecule has 0 saturated carbocycles. The van der Waals surface area contributed by atoms with E-state index >= 15 is 0 Å². The first-order valence-electron chi connectivity index (χ1n) is 4.58. The van der Waals surface area contributed by atoms with Crippen molar-refractivity contribution in [3.05, 3.63) is 28.8 Å². The van der Waals surface area contributed by atoms with Crippen molar-refractivity contribution in [2.45, 2.75) is 20.0 Å². The Bertz CT molecular complexity index is 335. The van der Waals surface area contributed by atoms with Gasteiger partial charge in [0.15, 0.2) is 0 Å². The second-order valence-electron chi connectivity index (χ2n) is 2.98. The molecule has 0 saturated heterocycles. The van der Waals surface area contributed by atoms with E-state index in [1.165, 1.54) is 0 Å². The molecule has 0 aliphatic rings. The van der Waals surface area contributed by atoms with Crippen molar-refractivity contribution in [3.63, 3.8) is 0 Å². The number of hydrogen-bond donors (Lipinski definition) is 2. The van der Waals surface area contributed by atoms with Gasteiger partial charge in [0.1, 0.15) is 6.61 Å². The van der Waals surface area contributed by atoms with E-state index in [0.717, 1.165) is 0 Å². The first-order chi connectivity index (χ1) is 7.15. The molecule has 0 spiro atoms. The SMILES string of the molecule is CCC(=O)NOCc1c(N)cccc1Cl. The van der Waals surface area contributed by atoms with E-state index in [-0.39, 0.29) is 12.5 Å². The number of carbonyl (C=O) groups excluding carboxylic acids is 1. The van der Waals surface area contributed by atoms with Crippen LogP contribution in [-0.4, -0.2) is 5.91 Å². The first kappa shape index (κ1) is 11.8. The molecule has 0 aliphatic heterocycles. The number of halogens is 1. The van der Waals surface area contributed by atoms with E-state index in [0.29, 0.717) is 22.7 Å². The number of nitrogens with one attached hydrogen (secondary N) is 1. The van der Waals surface area contributed by atoms with Crippen molar-refractivity contribution in [3.8, 4) is 0 Å². The zero-order valence-electron chi connectivity index (χ0n) is 8.42. The van der Waals surface area contributed by atoms with Crippen LogP contribution in [0.25, 0.3) is 0 Å². The van der Waals surface area contributed by atoms with Gasteiger partial charge in [-0.1, -0.05) is 24.6 Å². The summed E-state index contributed by atoms with van der Waals surface area (Å²) >= 11 is 5.91. The van der Waals surface area contributed by atoms with Crippen molar-refractivity contribution in [2.75, 3.05) is 5.73 Å². The van der Waals surface area contributed by atoms with Gasteiger partial charge in [-0.05, 0) is 12.1 Å². The fourth-order valence-electron chi connectivity index (χ4n) is 0.989. The molecule has 0 fully saturated rings. The summed E-state index contributed by atoms with van der Waals surface area (Å²) in [4.78, 5) is 15.8. The third-order valence-electron chi connectivity index (χ3n) is 1.88. The van der Waals surface area contributed by atoms with Gasteiger partial charge in [-0.2, -0.15) is 0 Å². The minimum Gasteiger partial charge on any atom is -0.398 e. The maximum absolute atomic E-state index is 10.9. The smallest absolute Gasteiger partial charge is 0.243 e. The van der Waals surface area contributed by atoms with E-state index in [4.69, 9.17) is 22.2 Å². The highest BCUT2D eigenvalue weighted by atomic mass is 35.5. The van der Waals surface area contributed by atoms with Crippen molar-refractivity contribution in [1.82, 2.24) is 5.48 Å². The molecule has 0 radical (unpaired) electrons. The van der Waals surface area contributed by atoms with Crippen LogP contribution in [0.2, 0.25) is 5.02 Å². The third kappa shape index (κ3) is 3.42. The number of hydrogen-bond acceptors (Lipinski definition) is 3. The highest BCUT2D eigenvalue weighted by Crippen LogP contribution is 2.22. The summed E-state index contributed by atoms with van der Waals surface area (Å²) in [5.41, 5.74) is 9.20. The molecular weight excluding hydrogens is 216 g/mol. The summed E-state index contributed by atoms with van der Waals surface area (Å²) in [6.45, 7) is 1.90. The Kier molecular flexibility index (Phi) is 4.39. The van der Waals surface area contributed by atoms with Gasteiger partial charge < -0.3 is 5.73 Å². The summed E-state index contributed by atoms with van der Waals surface area (Å²) in [5, 5.41) is 0.528. The molecule has 4 nitrogen and oxygen atoms in total. The molecule has 3 N–H and O–H groups in total. The normalized spacial score (nSPS) is 10.0. The van der Waals surface area contributed by atoms with Crippen molar-refractivity contribution >= 4 is 23.2 Å². The van der Waals surface area contributed by atoms with Gasteiger partial charge in [0.05, 0.1) is 0 Å². The lowest BCUT2D eigenvalue weighted by Gasteiger charge is -2.08. The Labute approximate surface area is 93.3 Å². The van der Waals surface area contributed by atoms with Crippen LogP contribution in [0.5, 0.6) is 0 Å². The molecule has 0 aromatic heterocycles. The molecule has 0 heterocycles. The third-order valence-corrected chi connectivity index (χ3v) is 2.23. The summed E-state index contributed by atoms with van der Waals surface area (Å²) in [6.07, 6.45) is 0.373. The fourth-order valence-corrected chi connectivity index (χ4v) is 1.22. The average molecular weight is 229 g/mol. The maximum Gasteiger partial charge on any atom is 0.243 e. The average Bonchev–Trinajstić information content (AvgIpc) is 2.22. The Morgan fingerprint density at radius 3 is 2.93 bits per heavy atom. The minimum atomic E-state index is -0.180. The van der Waals surface area contributed by atoms with Crippen LogP contribution in [-0.2, 0) is 16.2 Å². The molecular formula is C10H13ClN2O2. The van der Waals surface area contributed by atoms with Crippen LogP contribution in [0.1, 0.15) is 18.9 Å². The van der Waals surface area contributed by atoms with Gasteiger partial charge in [0.2, 0.25) is 5.91 Å². The molecule has 15 heavy (non-hydrogen) atoms. The standard InChI is InChI=1S/C10H13ClN2O2/c1-2-10(14)13-15-6-7-8(11)4-3-5-9(7)12/h3-5H,2,6,12H2,1H3,(H,13,14). The Balaban J connectivity index is 2.54. The largest absolute Gasteiger partial charge is 0.398 e. The summed E-state index contributed by atoms with van der Waals surface area (Å²) in [6, 6.07) is 5.20. The number of hydroxylamine groups is 1. The lowest BCUT2D eigenvalue weighted by atomic mass is 10.2. The van der Waals surface area contributed by atoms with Gasteiger partial charge >= 0.3 is 0 Å². The molecule has 82 valence electrons. The Morgan fingerprint density at radius 2 is 2.33 bits per heavy atom. The highest BCUT2D eigenvalue weighted by Gasteiger charge is 2.05. The van der Waals surface area contributed by atoms with Crippen molar-refractivity contribution < 1.29 is 9.63 Å². The van der Waals surface area contributed by atoms with E-state index in [1.807, 2.05) is 0 Å². The number of nitrogens with two attached hydrogens (primary N) is 1. The molecule has 1 amide bonds. The number of anilines is 1. The lowest BCUT2D eigenvalue weighted by molar-refractivity contribution is -0.134. The van der Waals surface area contributed by atoms with Crippen LogP contribution >= 0.6 is 11.6 Å². The van der Waals surface area contributed by atoms with Crippen molar-refractivity contribution in [1.29, 1.82) is 0 Å². The zero-order valence-corrected chi connectivity index (χ0v) is 9.17. The molecule has 1 rings (SSSR count). The van der Waals surface area contributed by atoms with Crippen LogP contribution in [0, 0.1) is 0 Å². The second kappa shape index (κ2) is 5.58. The first-order valence-corrected chi connectivity index (χ1v) is 4.96. The summed E-state index contributed by atoms with van der Waals surface area (Å²) in [5.74, 6) is -0.180. The number of nitrogen functional groups attached to an aromatic ring is 1. The second-order valence-corrected chi connectivity index (χ2v) is 3.38. The molecule has 0 aliphatic carbocycles. The molecule has 0 bridgehead atoms. The summed E-state index contributed by atoms with van der Waals surface area (Å²) in [7, 11) is 0. The molecule has 1 aromatic rings. The number of carbonyl (C=O) groups is 1. The van der Waals surface area contributed by atoms with Gasteiger partial charge in [-0.25, -0.2) is 5.48 Å². The fraction of sp³-hybridized carbons (Fsp3) is 0.300. The van der Waals surface area contributed by atoms with E-state index in [2.05, 4.69) is 5.48 Å². The predicted octanol–water partition coefficient (Wildman–Crippen LogP) is 1.88. The van der Waals surface area contributed by atoms with Crippen molar-refractivity contribution in [2.24, 2.45) is 0 Å². The van der Waals surface area contributed by atoms with Crippen LogP contribution < -0.4 is 11.2 Å². The highest BCUT2D eigenvalue weighted by molar-refractivity contribution is 6.31. The van der Waals surface area contributed by atoms with E-state index in [9.17, 15) is 4.79 Å². The number of amides is 1.